The van der Waals surface area contributed by atoms with Gasteiger partial charge in [0.15, 0.2) is 0 Å². The van der Waals surface area contributed by atoms with E-state index < -0.39 is 6.10 Å². The Morgan fingerprint density at radius 3 is 2.40 bits per heavy atom. The monoisotopic (exact) mass is 420 g/mol. The van der Waals surface area contributed by atoms with Crippen molar-refractivity contribution in [3.63, 3.8) is 0 Å². The van der Waals surface area contributed by atoms with Gasteiger partial charge in [-0.1, -0.05) is 60.1 Å². The number of nitrogens with two attached hydrogens (primary N) is 1. The molecule has 1 aromatic carbocycles. The summed E-state index contributed by atoms with van der Waals surface area (Å²) in [6.45, 7) is 13.4. The van der Waals surface area contributed by atoms with Crippen LogP contribution in [0.15, 0.2) is 18.2 Å². The number of unbranched alkanes of at least 4 members (excludes halogenated alkanes) is 1. The Labute approximate surface area is 183 Å². The van der Waals surface area contributed by atoms with Crippen LogP contribution in [-0.2, 0) is 16.6 Å². The predicted octanol–water partition coefficient (Wildman–Crippen LogP) is 4.28. The molecule has 1 amide bonds. The largest absolute Gasteiger partial charge is 0.508 e. The lowest BCUT2D eigenvalue weighted by Gasteiger charge is -2.26. The molecule has 0 aliphatic carbocycles. The zero-order valence-corrected chi connectivity index (χ0v) is 19.9. The van der Waals surface area contributed by atoms with Crippen LogP contribution in [0.3, 0.4) is 0 Å². The number of aromatic hydroxyl groups is 1. The van der Waals surface area contributed by atoms with Crippen LogP contribution in [0.1, 0.15) is 84.8 Å². The van der Waals surface area contributed by atoms with E-state index in [-0.39, 0.29) is 17.4 Å². The number of hydrogen-bond acceptors (Lipinski definition) is 4. The third-order valence-electron chi connectivity index (χ3n) is 5.92. The fraction of sp³-hybridized carbons (Fsp3) is 0.720. The van der Waals surface area contributed by atoms with Crippen LogP contribution in [0.25, 0.3) is 0 Å². The lowest BCUT2D eigenvalue weighted by molar-refractivity contribution is -0.129. The summed E-state index contributed by atoms with van der Waals surface area (Å²) in [4.78, 5) is 11.9. The number of aliphatic hydroxyl groups excluding tert-OH is 1. The minimum absolute atomic E-state index is 0.000516. The maximum Gasteiger partial charge on any atom is 0.248 e. The zero-order chi connectivity index (χ0) is 22.9. The molecule has 172 valence electrons. The van der Waals surface area contributed by atoms with E-state index >= 15 is 0 Å². The minimum Gasteiger partial charge on any atom is -0.508 e. The molecule has 0 fully saturated rings. The molecule has 5 nitrogen and oxygen atoms in total. The van der Waals surface area contributed by atoms with E-state index in [2.05, 4.69) is 52.9 Å². The first kappa shape index (κ1) is 26.4. The molecule has 0 aliphatic rings. The molecule has 1 rings (SSSR count). The Morgan fingerprint density at radius 2 is 1.87 bits per heavy atom. The van der Waals surface area contributed by atoms with Gasteiger partial charge < -0.3 is 21.3 Å². The van der Waals surface area contributed by atoms with Crippen molar-refractivity contribution in [2.24, 2.45) is 17.6 Å². The van der Waals surface area contributed by atoms with E-state index in [1.807, 2.05) is 12.1 Å². The minimum atomic E-state index is -1.00. The molecule has 0 saturated carbocycles. The Bertz CT molecular complexity index is 652. The summed E-state index contributed by atoms with van der Waals surface area (Å²) < 4.78 is 0. The van der Waals surface area contributed by atoms with Crippen molar-refractivity contribution < 1.29 is 15.0 Å². The van der Waals surface area contributed by atoms with E-state index in [9.17, 15) is 15.0 Å². The average Bonchev–Trinajstić information content (AvgIpc) is 2.66. The summed E-state index contributed by atoms with van der Waals surface area (Å²) in [6.07, 6.45) is 3.45. The van der Waals surface area contributed by atoms with Gasteiger partial charge in [-0.15, -0.1) is 0 Å². The van der Waals surface area contributed by atoms with E-state index in [1.165, 1.54) is 0 Å². The number of phenols is 1. The highest BCUT2D eigenvalue weighted by atomic mass is 16.3. The summed E-state index contributed by atoms with van der Waals surface area (Å²) in [5.41, 5.74) is 8.42. The third kappa shape index (κ3) is 9.05. The second-order valence-corrected chi connectivity index (χ2v) is 10.0. The number of hydrogen-bond donors (Lipinski definition) is 4. The number of phenolic OH excluding ortho intramolecular Hbond substituents is 1. The van der Waals surface area contributed by atoms with Gasteiger partial charge in [0, 0.05) is 12.6 Å². The molecular formula is C25H44N2O3. The van der Waals surface area contributed by atoms with Crippen molar-refractivity contribution in [2.75, 3.05) is 6.54 Å². The summed E-state index contributed by atoms with van der Waals surface area (Å²) in [6, 6.07) is 5.91. The molecule has 1 aromatic rings. The van der Waals surface area contributed by atoms with Gasteiger partial charge in [-0.05, 0) is 66.5 Å². The first-order valence-corrected chi connectivity index (χ1v) is 11.5. The topological polar surface area (TPSA) is 95.6 Å². The van der Waals surface area contributed by atoms with Gasteiger partial charge in [-0.2, -0.15) is 0 Å². The molecule has 0 bridgehead atoms. The van der Waals surface area contributed by atoms with Gasteiger partial charge in [-0.3, -0.25) is 4.79 Å². The Balaban J connectivity index is 2.62. The van der Waals surface area contributed by atoms with Gasteiger partial charge in [0.2, 0.25) is 5.91 Å². The van der Waals surface area contributed by atoms with E-state index in [0.717, 1.165) is 36.8 Å². The Kier molecular flexibility index (Phi) is 10.9. The number of carbonyl (C=O) groups is 1. The quantitative estimate of drug-likeness (QED) is 0.380. The summed E-state index contributed by atoms with van der Waals surface area (Å²) in [5.74, 6) is 0.780. The van der Waals surface area contributed by atoms with Crippen LogP contribution in [0.5, 0.6) is 5.75 Å². The van der Waals surface area contributed by atoms with Gasteiger partial charge in [-0.25, -0.2) is 0 Å². The average molecular weight is 421 g/mol. The lowest BCUT2D eigenvalue weighted by atomic mass is 9.81. The second kappa shape index (κ2) is 12.3. The standard InChI is InChI=1S/C25H44N2O3/c1-7-8-13-27-24(30)22(28)12-11-21(26)15-19(17(2)3)14-18-9-10-20(16-23(18)29)25(4,5)6/h9-10,16-17,19,21-22,28-29H,7-8,11-15,26H2,1-6H3,(H,27,30)/t19-,21-,22-/m0/s1. The fourth-order valence-corrected chi connectivity index (χ4v) is 3.59. The molecule has 0 unspecified atom stereocenters. The van der Waals surface area contributed by atoms with Crippen molar-refractivity contribution in [2.45, 2.75) is 97.6 Å². The molecule has 5 heteroatoms. The van der Waals surface area contributed by atoms with Crippen molar-refractivity contribution >= 4 is 5.91 Å². The predicted molar refractivity (Wildman–Crippen MR) is 125 cm³/mol. The summed E-state index contributed by atoms with van der Waals surface area (Å²) in [5, 5.41) is 23.4. The van der Waals surface area contributed by atoms with Gasteiger partial charge >= 0.3 is 0 Å². The molecule has 0 heterocycles. The van der Waals surface area contributed by atoms with Crippen LogP contribution in [0.2, 0.25) is 0 Å². The molecular weight excluding hydrogens is 376 g/mol. The molecule has 0 spiro atoms. The van der Waals surface area contributed by atoms with E-state index in [1.54, 1.807) is 0 Å². The zero-order valence-electron chi connectivity index (χ0n) is 19.9. The van der Waals surface area contributed by atoms with Crippen LogP contribution in [0, 0.1) is 11.8 Å². The second-order valence-electron chi connectivity index (χ2n) is 10.0. The van der Waals surface area contributed by atoms with Crippen molar-refractivity contribution in [1.29, 1.82) is 0 Å². The number of aliphatic hydroxyl groups is 1. The summed E-state index contributed by atoms with van der Waals surface area (Å²) >= 11 is 0. The van der Waals surface area contributed by atoms with Crippen LogP contribution in [0.4, 0.5) is 0 Å². The molecule has 0 aliphatic heterocycles. The molecule has 3 atom stereocenters. The number of nitrogens with one attached hydrogen (secondary N) is 1. The van der Waals surface area contributed by atoms with Crippen LogP contribution >= 0.6 is 0 Å². The number of rotatable bonds is 12. The lowest BCUT2D eigenvalue weighted by Crippen LogP contribution is -2.36. The Morgan fingerprint density at radius 1 is 1.20 bits per heavy atom. The fourth-order valence-electron chi connectivity index (χ4n) is 3.59. The summed E-state index contributed by atoms with van der Waals surface area (Å²) in [7, 11) is 0. The SMILES string of the molecule is CCCCNC(=O)[C@@H](O)CC[C@H](N)C[C@H](Cc1ccc(C(C)(C)C)cc1O)C(C)C. The number of amides is 1. The highest BCUT2D eigenvalue weighted by Crippen LogP contribution is 2.31. The Hall–Kier alpha value is -1.59. The van der Waals surface area contributed by atoms with Crippen molar-refractivity contribution in [3.05, 3.63) is 29.3 Å². The molecule has 0 saturated heterocycles. The molecule has 0 radical (unpaired) electrons. The molecule has 0 aromatic heterocycles. The molecule has 5 N–H and O–H groups in total. The van der Waals surface area contributed by atoms with Gasteiger partial charge in [0.25, 0.3) is 0 Å². The third-order valence-corrected chi connectivity index (χ3v) is 5.92. The van der Waals surface area contributed by atoms with Crippen molar-refractivity contribution in [1.82, 2.24) is 5.32 Å². The number of benzene rings is 1. The number of carbonyl (C=O) groups excluding carboxylic acids is 1. The highest BCUT2D eigenvalue weighted by molar-refractivity contribution is 5.80. The first-order chi connectivity index (χ1) is 14.0. The van der Waals surface area contributed by atoms with Crippen LogP contribution < -0.4 is 11.1 Å². The van der Waals surface area contributed by atoms with Crippen LogP contribution in [-0.4, -0.2) is 34.8 Å². The van der Waals surface area contributed by atoms with E-state index in [0.29, 0.717) is 37.0 Å². The van der Waals surface area contributed by atoms with Gasteiger partial charge in [0.05, 0.1) is 0 Å². The maximum absolute atomic E-state index is 11.9. The van der Waals surface area contributed by atoms with Crippen molar-refractivity contribution in [3.8, 4) is 5.75 Å². The smallest absolute Gasteiger partial charge is 0.248 e. The highest BCUT2D eigenvalue weighted by Gasteiger charge is 2.22. The first-order valence-electron chi connectivity index (χ1n) is 11.5. The van der Waals surface area contributed by atoms with E-state index in [4.69, 9.17) is 5.73 Å². The maximum atomic E-state index is 11.9. The molecule has 30 heavy (non-hydrogen) atoms. The normalized spacial score (nSPS) is 15.1. The van der Waals surface area contributed by atoms with Gasteiger partial charge in [0.1, 0.15) is 11.9 Å².